The fraction of sp³-hybridized carbons (Fsp3) is 0.423. The third kappa shape index (κ3) is 6.74. The van der Waals surface area contributed by atoms with Crippen LogP contribution in [0.3, 0.4) is 0 Å². The van der Waals surface area contributed by atoms with Gasteiger partial charge in [0.15, 0.2) is 0 Å². The predicted molar refractivity (Wildman–Crippen MR) is 136 cm³/mol. The second-order valence-corrected chi connectivity index (χ2v) is 9.70. The average molecular weight is 502 g/mol. The number of nitrogens with one attached hydrogen (secondary N) is 2. The third-order valence-corrected chi connectivity index (χ3v) is 6.60. The van der Waals surface area contributed by atoms with E-state index in [4.69, 9.17) is 11.6 Å². The van der Waals surface area contributed by atoms with Crippen molar-refractivity contribution in [3.63, 3.8) is 0 Å². The van der Waals surface area contributed by atoms with E-state index in [9.17, 15) is 25.0 Å². The van der Waals surface area contributed by atoms with E-state index < -0.39 is 30.2 Å². The van der Waals surface area contributed by atoms with E-state index in [2.05, 4.69) is 29.6 Å². The zero-order chi connectivity index (χ0) is 25.5. The number of hydrogen-bond donors (Lipinski definition) is 5. The lowest BCUT2D eigenvalue weighted by molar-refractivity contribution is -0.149. The minimum absolute atomic E-state index is 0.368. The normalized spacial score (nSPS) is 16.9. The van der Waals surface area contributed by atoms with Crippen molar-refractivity contribution in [2.45, 2.75) is 45.6 Å². The van der Waals surface area contributed by atoms with Crippen LogP contribution >= 0.6 is 11.6 Å². The molecule has 0 fully saturated rings. The van der Waals surface area contributed by atoms with Crippen LogP contribution in [0.25, 0.3) is 0 Å². The van der Waals surface area contributed by atoms with E-state index in [0.717, 1.165) is 27.9 Å². The second-order valence-electron chi connectivity index (χ2n) is 9.29. The van der Waals surface area contributed by atoms with Gasteiger partial charge in [0.05, 0.1) is 28.8 Å². The molecule has 0 aliphatic carbocycles. The lowest BCUT2D eigenvalue weighted by Crippen LogP contribution is -2.31. The Hall–Kier alpha value is -3.10. The van der Waals surface area contributed by atoms with Crippen molar-refractivity contribution in [2.24, 2.45) is 17.0 Å². The predicted octanol–water partition coefficient (Wildman–Crippen LogP) is 4.58. The number of hydrogen-bond acceptors (Lipinski definition) is 6. The van der Waals surface area contributed by atoms with Gasteiger partial charge in [-0.3, -0.25) is 9.59 Å². The molecule has 0 spiro atoms. The Balaban J connectivity index is 1.85. The Bertz CT molecular complexity index is 1090. The fourth-order valence-electron chi connectivity index (χ4n) is 4.58. The van der Waals surface area contributed by atoms with Gasteiger partial charge in [-0.2, -0.15) is 0 Å². The minimum atomic E-state index is -1.14. The fourth-order valence-corrected chi connectivity index (χ4v) is 4.83. The summed E-state index contributed by atoms with van der Waals surface area (Å²) in [6.07, 6.45) is 0.863. The van der Waals surface area contributed by atoms with Crippen molar-refractivity contribution in [3.05, 3.63) is 63.7 Å². The van der Waals surface area contributed by atoms with Crippen LogP contribution in [0.15, 0.2) is 41.6 Å². The third-order valence-electron chi connectivity index (χ3n) is 6.29. The molecule has 1 heterocycles. The summed E-state index contributed by atoms with van der Waals surface area (Å²) in [5.74, 6) is -3.43. The number of nitrogens with zero attached hydrogens (tertiary/aromatic N) is 1. The lowest BCUT2D eigenvalue weighted by atomic mass is 9.81. The van der Waals surface area contributed by atoms with Crippen LogP contribution in [0.5, 0.6) is 0 Å². The van der Waals surface area contributed by atoms with Gasteiger partial charge in [-0.05, 0) is 53.6 Å². The van der Waals surface area contributed by atoms with Gasteiger partial charge in [0.2, 0.25) is 0 Å². The van der Waals surface area contributed by atoms with Gasteiger partial charge >= 0.3 is 11.9 Å². The number of halogens is 1. The van der Waals surface area contributed by atoms with Crippen LogP contribution in [-0.4, -0.2) is 46.2 Å². The zero-order valence-corrected chi connectivity index (χ0v) is 20.7. The summed E-state index contributed by atoms with van der Waals surface area (Å²) in [6.45, 7) is 5.63. The number of aliphatic carboxylic acids is 2. The van der Waals surface area contributed by atoms with Gasteiger partial charge in [-0.1, -0.05) is 60.9 Å². The minimum Gasteiger partial charge on any atom is -0.481 e. The Morgan fingerprint density at radius 3 is 2.46 bits per heavy atom. The first kappa shape index (κ1) is 26.5. The first-order valence-electron chi connectivity index (χ1n) is 11.7. The maximum Gasteiger partial charge on any atom is 0.307 e. The number of anilines is 1. The lowest BCUT2D eigenvalue weighted by Gasteiger charge is -2.25. The molecule has 0 bridgehead atoms. The molecule has 35 heavy (non-hydrogen) atoms. The summed E-state index contributed by atoms with van der Waals surface area (Å²) in [5, 5.41) is 39.0. The smallest absolute Gasteiger partial charge is 0.307 e. The van der Waals surface area contributed by atoms with E-state index in [1.54, 1.807) is 6.07 Å². The number of rotatable bonds is 10. The van der Waals surface area contributed by atoms with E-state index >= 15 is 0 Å². The molecule has 9 heteroatoms. The van der Waals surface area contributed by atoms with Gasteiger partial charge in [-0.15, -0.1) is 0 Å². The Kier molecular flexibility index (Phi) is 9.12. The van der Waals surface area contributed by atoms with E-state index in [1.807, 2.05) is 30.3 Å². The number of benzene rings is 2. The molecule has 3 rings (SSSR count). The number of carboxylic acids is 2. The monoisotopic (exact) mass is 501 g/mol. The molecule has 188 valence electrons. The highest BCUT2D eigenvalue weighted by molar-refractivity contribution is 6.33. The van der Waals surface area contributed by atoms with E-state index in [0.29, 0.717) is 49.1 Å². The summed E-state index contributed by atoms with van der Waals surface area (Å²) in [5.41, 5.74) is 4.96. The first-order chi connectivity index (χ1) is 16.7. The molecule has 1 aliphatic rings. The van der Waals surface area contributed by atoms with Crippen molar-refractivity contribution in [1.82, 2.24) is 5.32 Å². The molecule has 2 atom stereocenters. The van der Waals surface area contributed by atoms with Gasteiger partial charge in [-0.25, -0.2) is 0 Å². The second kappa shape index (κ2) is 12.0. The summed E-state index contributed by atoms with van der Waals surface area (Å²) < 4.78 is 0. The Labute approximate surface area is 210 Å². The average Bonchev–Trinajstić information content (AvgIpc) is 3.03. The molecule has 5 N–H and O–H groups in total. The molecule has 0 aromatic heterocycles. The van der Waals surface area contributed by atoms with E-state index in [-0.39, 0.29) is 0 Å². The molecule has 2 aromatic rings. The van der Waals surface area contributed by atoms with Gasteiger partial charge in [0.25, 0.3) is 0 Å². The van der Waals surface area contributed by atoms with Crippen LogP contribution in [-0.2, 0) is 22.6 Å². The largest absolute Gasteiger partial charge is 0.481 e. The number of fused-ring (bicyclic) bond motifs is 1. The number of oxime groups is 1. The molecular weight excluding hydrogens is 470 g/mol. The molecule has 2 aromatic carbocycles. The number of carboxylic acid groups (broad SMARTS) is 2. The van der Waals surface area contributed by atoms with Crippen molar-refractivity contribution >= 4 is 34.9 Å². The highest BCUT2D eigenvalue weighted by Crippen LogP contribution is 2.38. The van der Waals surface area contributed by atoms with Crippen LogP contribution in [0.1, 0.15) is 54.9 Å². The quantitative estimate of drug-likeness (QED) is 0.183. The molecule has 8 nitrogen and oxygen atoms in total. The zero-order valence-electron chi connectivity index (χ0n) is 19.9. The summed E-state index contributed by atoms with van der Waals surface area (Å²) in [4.78, 5) is 23.3. The Morgan fingerprint density at radius 2 is 1.86 bits per heavy atom. The van der Waals surface area contributed by atoms with Gasteiger partial charge < -0.3 is 26.1 Å². The first-order valence-corrected chi connectivity index (χ1v) is 12.1. The van der Waals surface area contributed by atoms with E-state index in [1.165, 1.54) is 0 Å². The van der Waals surface area contributed by atoms with Crippen molar-refractivity contribution in [3.8, 4) is 0 Å². The maximum atomic E-state index is 11.9. The highest BCUT2D eigenvalue weighted by Gasteiger charge is 2.34. The topological polar surface area (TPSA) is 131 Å². The van der Waals surface area contributed by atoms with Gasteiger partial charge in [0.1, 0.15) is 0 Å². The Morgan fingerprint density at radius 1 is 1.14 bits per heavy atom. The SMILES string of the molecule is CC(C)CC(=NO)c1ccc(CNc2c(Cl)ccc3c2CCNCC3C(CC(=O)O)C(=O)O)cc1. The van der Waals surface area contributed by atoms with Crippen molar-refractivity contribution < 1.29 is 25.0 Å². The molecular formula is C26H32ClN3O5. The van der Waals surface area contributed by atoms with Gasteiger partial charge in [0, 0.05) is 19.0 Å². The molecule has 0 saturated heterocycles. The van der Waals surface area contributed by atoms with Crippen molar-refractivity contribution in [1.29, 1.82) is 0 Å². The summed E-state index contributed by atoms with van der Waals surface area (Å²) in [6, 6.07) is 11.3. The molecule has 0 amide bonds. The van der Waals surface area contributed by atoms with Crippen LogP contribution in [0.4, 0.5) is 5.69 Å². The summed E-state index contributed by atoms with van der Waals surface area (Å²) >= 11 is 6.55. The van der Waals surface area contributed by atoms with Crippen molar-refractivity contribution in [2.75, 3.05) is 18.4 Å². The number of carbonyl (C=O) groups is 2. The molecule has 0 radical (unpaired) electrons. The molecule has 0 saturated carbocycles. The summed E-state index contributed by atoms with van der Waals surface area (Å²) in [7, 11) is 0. The van der Waals surface area contributed by atoms with Crippen LogP contribution < -0.4 is 10.6 Å². The highest BCUT2D eigenvalue weighted by atomic mass is 35.5. The standard InChI is InChI=1S/C26H32ClN3O5/c1-15(2)11-23(30-35)17-5-3-16(4-6-17)13-29-25-19-9-10-28-14-21(18(19)7-8-22(25)27)20(26(33)34)12-24(31)32/h3-8,15,20-21,28-29,35H,9-14H2,1-2H3,(H,31,32)(H,33,34). The molecule has 1 aliphatic heterocycles. The maximum absolute atomic E-state index is 11.9. The van der Waals surface area contributed by atoms with Crippen LogP contribution in [0, 0.1) is 11.8 Å². The van der Waals surface area contributed by atoms with Crippen LogP contribution in [0.2, 0.25) is 5.02 Å². The molecule has 2 unspecified atom stereocenters.